The molecule has 3 aromatic rings. The van der Waals surface area contributed by atoms with Gasteiger partial charge in [-0.25, -0.2) is 4.79 Å². The normalized spacial score (nSPS) is 11.9. The Morgan fingerprint density at radius 2 is 1.63 bits per heavy atom. The third kappa shape index (κ3) is 8.29. The molecule has 0 amide bonds. The van der Waals surface area contributed by atoms with Crippen LogP contribution in [0.4, 0.5) is 5.69 Å². The Labute approximate surface area is 221 Å². The summed E-state index contributed by atoms with van der Waals surface area (Å²) in [6.07, 6.45) is 0.222. The fourth-order valence-corrected chi connectivity index (χ4v) is 4.45. The molecule has 0 saturated carbocycles. The van der Waals surface area contributed by atoms with Crippen molar-refractivity contribution in [2.45, 2.75) is 37.7 Å². The van der Waals surface area contributed by atoms with Gasteiger partial charge in [0.15, 0.2) is 6.10 Å². The number of non-ortho nitro benzene ring substituents is 1. The molecule has 38 heavy (non-hydrogen) atoms. The smallest absolute Gasteiger partial charge is 0.339 e. The minimum Gasteiger partial charge on any atom is -0.493 e. The molecule has 0 bridgehead atoms. The summed E-state index contributed by atoms with van der Waals surface area (Å²) >= 11 is 0. The van der Waals surface area contributed by atoms with E-state index in [4.69, 9.17) is 18.4 Å². The summed E-state index contributed by atoms with van der Waals surface area (Å²) in [5.74, 6) is 0.378. The zero-order valence-electron chi connectivity index (χ0n) is 21.1. The first-order valence-corrected chi connectivity index (χ1v) is 13.4. The molecule has 0 aliphatic rings. The maximum atomic E-state index is 12.5. The van der Waals surface area contributed by atoms with E-state index in [1.165, 1.54) is 6.07 Å². The number of hydrogen-bond acceptors (Lipinski definition) is 9. The molecule has 0 aliphatic heterocycles. The van der Waals surface area contributed by atoms with Gasteiger partial charge in [-0.1, -0.05) is 24.3 Å². The number of rotatable bonds is 14. The molecule has 0 fully saturated rings. The van der Waals surface area contributed by atoms with Crippen LogP contribution in [0.2, 0.25) is 0 Å². The Morgan fingerprint density at radius 1 is 0.921 bits per heavy atom. The van der Waals surface area contributed by atoms with E-state index in [0.29, 0.717) is 38.4 Å². The zero-order chi connectivity index (χ0) is 27.5. The van der Waals surface area contributed by atoms with Gasteiger partial charge in [-0.3, -0.25) is 10.1 Å². The van der Waals surface area contributed by atoms with Crippen LogP contribution in [0.1, 0.15) is 25.0 Å². The number of ether oxygens (including phenoxy) is 3. The van der Waals surface area contributed by atoms with Crippen LogP contribution < -0.4 is 8.92 Å². The summed E-state index contributed by atoms with van der Waals surface area (Å²) in [4.78, 5) is 22.0. The molecule has 0 saturated heterocycles. The Bertz CT molecular complexity index is 1320. The molecule has 0 heterocycles. The van der Waals surface area contributed by atoms with Gasteiger partial charge in [-0.15, -0.1) is 0 Å². The first-order valence-electron chi connectivity index (χ1n) is 12.0. The molecule has 11 heteroatoms. The van der Waals surface area contributed by atoms with Crippen LogP contribution in [0, 0.1) is 10.1 Å². The number of nitro benzene ring substituents is 1. The van der Waals surface area contributed by atoms with E-state index in [1.54, 1.807) is 31.2 Å². The molecule has 0 aliphatic carbocycles. The SMILES string of the molecule is CCOC(=O)C(Cc1ccc(OCCc2cccc(OS(=O)(=O)c3ccc([N+](=O)[O-])cc3)c2)cc1)OCC. The molecular weight excluding hydrogens is 514 g/mol. The van der Waals surface area contributed by atoms with E-state index in [-0.39, 0.29) is 22.3 Å². The van der Waals surface area contributed by atoms with E-state index < -0.39 is 21.1 Å². The van der Waals surface area contributed by atoms with Crippen LogP contribution in [0.15, 0.2) is 77.7 Å². The summed E-state index contributed by atoms with van der Waals surface area (Å²) in [6.45, 7) is 4.60. The summed E-state index contributed by atoms with van der Waals surface area (Å²) < 4.78 is 46.7. The lowest BCUT2D eigenvalue weighted by molar-refractivity contribution is -0.384. The predicted octanol–water partition coefficient (Wildman–Crippen LogP) is 4.49. The molecule has 3 rings (SSSR count). The van der Waals surface area contributed by atoms with E-state index in [0.717, 1.165) is 35.4 Å². The second kappa shape index (κ2) is 13.5. The standard InChI is InChI=1S/C27H29NO9S/c1-3-34-26(27(29)35-4-2)19-21-8-12-23(13-9-21)36-17-16-20-6-5-7-24(18-20)37-38(32,33)25-14-10-22(11-15-25)28(30)31/h5-15,18,26H,3-4,16-17,19H2,1-2H3. The monoisotopic (exact) mass is 543 g/mol. The second-order valence-electron chi connectivity index (χ2n) is 8.08. The first kappa shape index (κ1) is 28.6. The molecule has 1 atom stereocenters. The lowest BCUT2D eigenvalue weighted by Gasteiger charge is -2.16. The van der Waals surface area contributed by atoms with E-state index in [9.17, 15) is 23.3 Å². The number of benzene rings is 3. The zero-order valence-corrected chi connectivity index (χ0v) is 21.9. The molecule has 0 radical (unpaired) electrons. The molecule has 0 N–H and O–H groups in total. The Hall–Kier alpha value is -3.96. The lowest BCUT2D eigenvalue weighted by atomic mass is 10.1. The van der Waals surface area contributed by atoms with Crippen molar-refractivity contribution in [1.29, 1.82) is 0 Å². The second-order valence-corrected chi connectivity index (χ2v) is 9.62. The van der Waals surface area contributed by atoms with Crippen LogP contribution in [-0.2, 0) is 37.2 Å². The van der Waals surface area contributed by atoms with Gasteiger partial charge in [-0.05, 0) is 61.4 Å². The third-order valence-corrected chi connectivity index (χ3v) is 6.62. The van der Waals surface area contributed by atoms with Crippen molar-refractivity contribution in [2.24, 2.45) is 0 Å². The van der Waals surface area contributed by atoms with Crippen molar-refractivity contribution >= 4 is 21.8 Å². The molecular formula is C27H29NO9S. The molecule has 0 spiro atoms. The summed E-state index contributed by atoms with van der Waals surface area (Å²) in [7, 11) is -4.15. The summed E-state index contributed by atoms with van der Waals surface area (Å²) in [5, 5.41) is 10.8. The number of hydrogen-bond donors (Lipinski definition) is 0. The maximum absolute atomic E-state index is 12.5. The quantitative estimate of drug-likeness (QED) is 0.125. The highest BCUT2D eigenvalue weighted by Crippen LogP contribution is 2.22. The molecule has 0 aromatic heterocycles. The molecule has 202 valence electrons. The topological polar surface area (TPSA) is 131 Å². The number of carbonyl (C=O) groups excluding carboxylic acids is 1. The van der Waals surface area contributed by atoms with Crippen LogP contribution in [0.3, 0.4) is 0 Å². The number of esters is 1. The average Bonchev–Trinajstić information content (AvgIpc) is 2.89. The van der Waals surface area contributed by atoms with Gasteiger partial charge in [0.25, 0.3) is 5.69 Å². The molecule has 3 aromatic carbocycles. The van der Waals surface area contributed by atoms with Crippen molar-refractivity contribution < 1.29 is 36.5 Å². The first-order chi connectivity index (χ1) is 18.2. The highest BCUT2D eigenvalue weighted by atomic mass is 32.2. The van der Waals surface area contributed by atoms with Crippen LogP contribution in [0.25, 0.3) is 0 Å². The Balaban J connectivity index is 1.54. The highest BCUT2D eigenvalue weighted by Gasteiger charge is 2.21. The predicted molar refractivity (Wildman–Crippen MR) is 139 cm³/mol. The van der Waals surface area contributed by atoms with E-state index in [1.807, 2.05) is 25.1 Å². The average molecular weight is 544 g/mol. The molecule has 1 unspecified atom stereocenters. The van der Waals surface area contributed by atoms with Gasteiger partial charge in [-0.2, -0.15) is 8.42 Å². The van der Waals surface area contributed by atoms with Gasteiger partial charge in [0.2, 0.25) is 0 Å². The molecule has 10 nitrogen and oxygen atoms in total. The minimum absolute atomic E-state index is 0.121. The van der Waals surface area contributed by atoms with Crippen molar-refractivity contribution in [3.8, 4) is 11.5 Å². The van der Waals surface area contributed by atoms with E-state index in [2.05, 4.69) is 0 Å². The van der Waals surface area contributed by atoms with Crippen molar-refractivity contribution in [2.75, 3.05) is 19.8 Å². The number of carbonyl (C=O) groups is 1. The van der Waals surface area contributed by atoms with E-state index >= 15 is 0 Å². The lowest BCUT2D eigenvalue weighted by Crippen LogP contribution is -2.28. The van der Waals surface area contributed by atoms with Gasteiger partial charge in [0.1, 0.15) is 16.4 Å². The van der Waals surface area contributed by atoms with Gasteiger partial charge in [0.05, 0.1) is 18.1 Å². The minimum atomic E-state index is -4.15. The number of nitrogens with zero attached hydrogens (tertiary/aromatic N) is 1. The highest BCUT2D eigenvalue weighted by molar-refractivity contribution is 7.87. The summed E-state index contributed by atoms with van der Waals surface area (Å²) in [6, 6.07) is 18.4. The third-order valence-electron chi connectivity index (χ3n) is 5.36. The van der Waals surface area contributed by atoms with Crippen LogP contribution >= 0.6 is 0 Å². The Kier molecular flexibility index (Phi) is 10.2. The fraction of sp³-hybridized carbons (Fsp3) is 0.296. The summed E-state index contributed by atoms with van der Waals surface area (Å²) in [5.41, 5.74) is 1.49. The van der Waals surface area contributed by atoms with Crippen molar-refractivity contribution in [3.05, 3.63) is 94.0 Å². The number of nitro groups is 1. The largest absolute Gasteiger partial charge is 0.493 e. The van der Waals surface area contributed by atoms with Crippen LogP contribution in [-0.4, -0.2) is 45.2 Å². The van der Waals surface area contributed by atoms with Gasteiger partial charge in [0, 0.05) is 31.6 Å². The van der Waals surface area contributed by atoms with Crippen molar-refractivity contribution in [3.63, 3.8) is 0 Å². The van der Waals surface area contributed by atoms with Crippen molar-refractivity contribution in [1.82, 2.24) is 0 Å². The fourth-order valence-electron chi connectivity index (χ4n) is 3.53. The Morgan fingerprint density at radius 3 is 2.26 bits per heavy atom. The maximum Gasteiger partial charge on any atom is 0.339 e. The van der Waals surface area contributed by atoms with Crippen LogP contribution in [0.5, 0.6) is 11.5 Å². The van der Waals surface area contributed by atoms with Gasteiger partial charge < -0.3 is 18.4 Å². The van der Waals surface area contributed by atoms with Gasteiger partial charge >= 0.3 is 16.1 Å².